The number of aryl methyl sites for hydroxylation is 1. The molecule has 1 aromatic carbocycles. The van der Waals surface area contributed by atoms with Gasteiger partial charge in [-0.2, -0.15) is 13.2 Å². The van der Waals surface area contributed by atoms with Crippen molar-refractivity contribution in [2.24, 2.45) is 14.1 Å². The van der Waals surface area contributed by atoms with Crippen LogP contribution < -0.4 is 11.2 Å². The molecule has 0 unspecified atom stereocenters. The Balaban J connectivity index is 2.59. The predicted octanol–water partition coefficient (Wildman–Crippen LogP) is 1.77. The Labute approximate surface area is 111 Å². The van der Waals surface area contributed by atoms with Crippen LogP contribution in [0.5, 0.6) is 0 Å². The Kier molecular flexibility index (Phi) is 3.29. The molecule has 2 aromatic rings. The standard InChI is InChI=1S/C13H11F3N2O2/c1-17-7-10(11(19)18(2)12(17)20)8-3-5-9(6-4-8)13(14,15)16/h3-7H,1-2H3. The first-order valence-electron chi connectivity index (χ1n) is 5.66. The molecule has 0 fully saturated rings. The largest absolute Gasteiger partial charge is 0.416 e. The van der Waals surface area contributed by atoms with Gasteiger partial charge in [0.1, 0.15) is 0 Å². The Bertz CT molecular complexity index is 755. The quantitative estimate of drug-likeness (QED) is 0.801. The second-order valence-electron chi connectivity index (χ2n) is 4.38. The molecule has 0 spiro atoms. The Morgan fingerprint density at radius 1 is 1.00 bits per heavy atom. The van der Waals surface area contributed by atoms with E-state index in [1.165, 1.54) is 37.0 Å². The molecule has 4 nitrogen and oxygen atoms in total. The average molecular weight is 284 g/mol. The topological polar surface area (TPSA) is 44.0 Å². The molecule has 0 bridgehead atoms. The maximum Gasteiger partial charge on any atom is 0.416 e. The number of rotatable bonds is 1. The Hall–Kier alpha value is -2.31. The number of hydrogen-bond donors (Lipinski definition) is 0. The summed E-state index contributed by atoms with van der Waals surface area (Å²) in [6.07, 6.45) is -3.11. The van der Waals surface area contributed by atoms with Crippen molar-refractivity contribution in [3.8, 4) is 11.1 Å². The van der Waals surface area contributed by atoms with Crippen molar-refractivity contribution in [3.05, 3.63) is 56.9 Å². The minimum atomic E-state index is -4.42. The van der Waals surface area contributed by atoms with E-state index in [0.717, 1.165) is 16.7 Å². The monoisotopic (exact) mass is 284 g/mol. The van der Waals surface area contributed by atoms with Gasteiger partial charge in [0, 0.05) is 20.3 Å². The molecule has 0 saturated carbocycles. The minimum Gasteiger partial charge on any atom is -0.303 e. The summed E-state index contributed by atoms with van der Waals surface area (Å²) in [4.78, 5) is 23.5. The van der Waals surface area contributed by atoms with Gasteiger partial charge >= 0.3 is 11.9 Å². The number of alkyl halides is 3. The zero-order valence-corrected chi connectivity index (χ0v) is 10.7. The summed E-state index contributed by atoms with van der Waals surface area (Å²) >= 11 is 0. The second kappa shape index (κ2) is 4.66. The van der Waals surface area contributed by atoms with Gasteiger partial charge in [0.2, 0.25) is 0 Å². The van der Waals surface area contributed by atoms with Crippen LogP contribution in [0.2, 0.25) is 0 Å². The molecule has 2 rings (SSSR count). The highest BCUT2D eigenvalue weighted by atomic mass is 19.4. The lowest BCUT2D eigenvalue weighted by Gasteiger charge is -2.09. The van der Waals surface area contributed by atoms with Crippen molar-refractivity contribution in [2.45, 2.75) is 6.18 Å². The Morgan fingerprint density at radius 2 is 1.55 bits per heavy atom. The van der Waals surface area contributed by atoms with Gasteiger partial charge < -0.3 is 4.57 Å². The van der Waals surface area contributed by atoms with E-state index in [1.54, 1.807) is 0 Å². The zero-order chi connectivity index (χ0) is 15.1. The molecule has 0 aliphatic rings. The third kappa shape index (κ3) is 2.38. The molecule has 0 N–H and O–H groups in total. The smallest absolute Gasteiger partial charge is 0.303 e. The molecule has 0 amide bonds. The van der Waals surface area contributed by atoms with Crippen molar-refractivity contribution in [1.29, 1.82) is 0 Å². The first-order chi connectivity index (χ1) is 9.21. The van der Waals surface area contributed by atoms with E-state index in [4.69, 9.17) is 0 Å². The van der Waals surface area contributed by atoms with Crippen molar-refractivity contribution < 1.29 is 13.2 Å². The van der Waals surface area contributed by atoms with Crippen LogP contribution in [-0.2, 0) is 20.3 Å². The first-order valence-corrected chi connectivity index (χ1v) is 5.66. The number of halogens is 3. The molecule has 106 valence electrons. The summed E-state index contributed by atoms with van der Waals surface area (Å²) in [7, 11) is 2.79. The van der Waals surface area contributed by atoms with Crippen LogP contribution in [0.1, 0.15) is 5.56 Å². The SMILES string of the molecule is Cn1cc(-c2ccc(C(F)(F)F)cc2)c(=O)n(C)c1=O. The number of aromatic nitrogens is 2. The van der Waals surface area contributed by atoms with Crippen molar-refractivity contribution in [1.82, 2.24) is 9.13 Å². The minimum absolute atomic E-state index is 0.170. The van der Waals surface area contributed by atoms with Gasteiger partial charge in [-0.25, -0.2) is 4.79 Å². The number of nitrogens with zero attached hydrogens (tertiary/aromatic N) is 2. The molecule has 1 aromatic heterocycles. The highest BCUT2D eigenvalue weighted by Gasteiger charge is 2.30. The molecule has 0 aliphatic heterocycles. The maximum atomic E-state index is 12.5. The lowest BCUT2D eigenvalue weighted by Crippen LogP contribution is -2.37. The summed E-state index contributed by atoms with van der Waals surface area (Å²) in [5, 5.41) is 0. The molecule has 0 aliphatic carbocycles. The van der Waals surface area contributed by atoms with Gasteiger partial charge in [-0.1, -0.05) is 12.1 Å². The van der Waals surface area contributed by atoms with E-state index in [2.05, 4.69) is 0 Å². The first kappa shape index (κ1) is 14.1. The highest BCUT2D eigenvalue weighted by Crippen LogP contribution is 2.30. The maximum absolute atomic E-state index is 12.5. The van der Waals surface area contributed by atoms with E-state index in [1.807, 2.05) is 0 Å². The summed E-state index contributed by atoms with van der Waals surface area (Å²) in [5.74, 6) is 0. The summed E-state index contributed by atoms with van der Waals surface area (Å²) in [5.41, 5.74) is -1.33. The van der Waals surface area contributed by atoms with Crippen LogP contribution in [-0.4, -0.2) is 9.13 Å². The molecule has 0 radical (unpaired) electrons. The lowest BCUT2D eigenvalue weighted by molar-refractivity contribution is -0.137. The summed E-state index contributed by atoms with van der Waals surface area (Å²) in [6, 6.07) is 4.23. The summed E-state index contributed by atoms with van der Waals surface area (Å²) < 4.78 is 39.5. The second-order valence-corrected chi connectivity index (χ2v) is 4.38. The van der Waals surface area contributed by atoms with E-state index in [0.29, 0.717) is 5.56 Å². The van der Waals surface area contributed by atoms with Gasteiger partial charge in [0.25, 0.3) is 5.56 Å². The van der Waals surface area contributed by atoms with E-state index < -0.39 is 23.0 Å². The van der Waals surface area contributed by atoms with Crippen molar-refractivity contribution >= 4 is 0 Å². The Morgan fingerprint density at radius 3 is 2.05 bits per heavy atom. The molecule has 0 saturated heterocycles. The summed E-state index contributed by atoms with van der Waals surface area (Å²) in [6.45, 7) is 0. The zero-order valence-electron chi connectivity index (χ0n) is 10.7. The third-order valence-corrected chi connectivity index (χ3v) is 2.97. The van der Waals surface area contributed by atoms with Crippen LogP contribution in [0.15, 0.2) is 40.1 Å². The van der Waals surface area contributed by atoms with Crippen molar-refractivity contribution in [3.63, 3.8) is 0 Å². The molecular weight excluding hydrogens is 273 g/mol. The van der Waals surface area contributed by atoms with E-state index >= 15 is 0 Å². The predicted molar refractivity (Wildman–Crippen MR) is 67.4 cm³/mol. The number of hydrogen-bond acceptors (Lipinski definition) is 2. The molecular formula is C13H11F3N2O2. The van der Waals surface area contributed by atoms with Crippen LogP contribution in [0, 0.1) is 0 Å². The van der Waals surface area contributed by atoms with Gasteiger partial charge in [-0.05, 0) is 17.7 Å². The molecule has 7 heteroatoms. The van der Waals surface area contributed by atoms with Gasteiger partial charge in [-0.3, -0.25) is 9.36 Å². The number of benzene rings is 1. The average Bonchev–Trinajstić information content (AvgIpc) is 2.40. The lowest BCUT2D eigenvalue weighted by atomic mass is 10.1. The van der Waals surface area contributed by atoms with Gasteiger partial charge in [0.05, 0.1) is 11.1 Å². The van der Waals surface area contributed by atoms with Crippen LogP contribution >= 0.6 is 0 Å². The highest BCUT2D eigenvalue weighted by molar-refractivity contribution is 5.61. The molecule has 1 heterocycles. The van der Waals surface area contributed by atoms with Crippen LogP contribution in [0.3, 0.4) is 0 Å². The molecule has 20 heavy (non-hydrogen) atoms. The van der Waals surface area contributed by atoms with Crippen LogP contribution in [0.4, 0.5) is 13.2 Å². The van der Waals surface area contributed by atoms with E-state index in [-0.39, 0.29) is 5.56 Å². The van der Waals surface area contributed by atoms with Crippen LogP contribution in [0.25, 0.3) is 11.1 Å². The van der Waals surface area contributed by atoms with Crippen molar-refractivity contribution in [2.75, 3.05) is 0 Å². The fourth-order valence-electron chi connectivity index (χ4n) is 1.85. The normalized spacial score (nSPS) is 11.7. The fourth-order valence-corrected chi connectivity index (χ4v) is 1.85. The fraction of sp³-hybridized carbons (Fsp3) is 0.231. The molecule has 0 atom stereocenters. The van der Waals surface area contributed by atoms with Gasteiger partial charge in [-0.15, -0.1) is 0 Å². The van der Waals surface area contributed by atoms with Gasteiger partial charge in [0.15, 0.2) is 0 Å². The third-order valence-electron chi connectivity index (χ3n) is 2.97. The van der Waals surface area contributed by atoms with E-state index in [9.17, 15) is 22.8 Å².